The summed E-state index contributed by atoms with van der Waals surface area (Å²) in [5.74, 6) is 0.734. The monoisotopic (exact) mass is 278 g/mol. The van der Waals surface area contributed by atoms with E-state index >= 15 is 0 Å². The molecule has 3 rings (SSSR count). The molecule has 0 spiro atoms. The smallest absolute Gasteiger partial charge is 0.126 e. The van der Waals surface area contributed by atoms with Crippen molar-refractivity contribution < 1.29 is 9.50 Å². The number of fused-ring (bicyclic) bond motifs is 1. The predicted molar refractivity (Wildman–Crippen MR) is 78.2 cm³/mol. The van der Waals surface area contributed by atoms with Crippen LogP contribution in [0, 0.1) is 24.6 Å². The maximum Gasteiger partial charge on any atom is 0.126 e. The van der Waals surface area contributed by atoms with E-state index in [4.69, 9.17) is 5.73 Å². The number of hydrogen-bond donors (Lipinski definition) is 2. The van der Waals surface area contributed by atoms with Gasteiger partial charge in [0, 0.05) is 30.7 Å². The number of aliphatic hydroxyl groups is 1. The predicted octanol–water partition coefficient (Wildman–Crippen LogP) is 2.36. The van der Waals surface area contributed by atoms with E-state index in [0.717, 1.165) is 37.2 Å². The molecule has 0 amide bonds. The molecule has 2 fully saturated rings. The van der Waals surface area contributed by atoms with Gasteiger partial charge in [0.15, 0.2) is 0 Å². The van der Waals surface area contributed by atoms with E-state index in [2.05, 4.69) is 4.90 Å². The first-order valence-electron chi connectivity index (χ1n) is 7.46. The van der Waals surface area contributed by atoms with Gasteiger partial charge in [0.05, 0.1) is 6.10 Å². The standard InChI is InChI=1S/C16H23FN2O/c1-9-5-15(12(10(2)18)6-14(9)17)19-7-11-3-4-16(20)13(11)8-19/h5-6,10-11,13,16,20H,3-4,7-8,18H2,1-2H3/t10-,11?,13?,16?/m0/s1. The number of aryl methyl sites for hydroxylation is 1. The molecule has 1 saturated heterocycles. The van der Waals surface area contributed by atoms with Crippen molar-refractivity contribution >= 4 is 5.69 Å². The molecule has 3 nitrogen and oxygen atoms in total. The number of benzene rings is 1. The highest BCUT2D eigenvalue weighted by molar-refractivity contribution is 5.58. The molecule has 1 aliphatic carbocycles. The maximum atomic E-state index is 13.8. The lowest BCUT2D eigenvalue weighted by Crippen LogP contribution is -2.26. The van der Waals surface area contributed by atoms with E-state index in [9.17, 15) is 9.50 Å². The summed E-state index contributed by atoms with van der Waals surface area (Å²) in [6.45, 7) is 5.48. The number of aliphatic hydroxyl groups excluding tert-OH is 1. The van der Waals surface area contributed by atoms with Crippen molar-refractivity contribution in [1.29, 1.82) is 0 Å². The van der Waals surface area contributed by atoms with Gasteiger partial charge in [-0.05, 0) is 55.9 Å². The zero-order valence-corrected chi connectivity index (χ0v) is 12.1. The summed E-state index contributed by atoms with van der Waals surface area (Å²) in [6.07, 6.45) is 1.84. The molecule has 1 heterocycles. The van der Waals surface area contributed by atoms with E-state index in [1.165, 1.54) is 0 Å². The minimum atomic E-state index is -0.194. The van der Waals surface area contributed by atoms with Crippen molar-refractivity contribution in [2.45, 2.75) is 38.8 Å². The zero-order chi connectivity index (χ0) is 14.4. The molecule has 3 N–H and O–H groups in total. The second-order valence-electron chi connectivity index (χ2n) is 6.42. The van der Waals surface area contributed by atoms with Crippen molar-refractivity contribution in [3.8, 4) is 0 Å². The van der Waals surface area contributed by atoms with Gasteiger partial charge in [-0.3, -0.25) is 0 Å². The fraction of sp³-hybridized carbons (Fsp3) is 0.625. The van der Waals surface area contributed by atoms with E-state index < -0.39 is 0 Å². The Morgan fingerprint density at radius 3 is 2.75 bits per heavy atom. The first-order chi connectivity index (χ1) is 9.47. The number of nitrogens with two attached hydrogens (primary N) is 1. The average Bonchev–Trinajstić information content (AvgIpc) is 2.95. The molecule has 0 aromatic heterocycles. The van der Waals surface area contributed by atoms with Gasteiger partial charge < -0.3 is 15.7 Å². The molecule has 4 heteroatoms. The maximum absolute atomic E-state index is 13.8. The van der Waals surface area contributed by atoms with Crippen LogP contribution in [0.2, 0.25) is 0 Å². The molecule has 20 heavy (non-hydrogen) atoms. The summed E-state index contributed by atoms with van der Waals surface area (Å²) in [7, 11) is 0. The summed E-state index contributed by atoms with van der Waals surface area (Å²) >= 11 is 0. The van der Waals surface area contributed by atoms with Crippen LogP contribution >= 0.6 is 0 Å². The van der Waals surface area contributed by atoms with Crippen LogP contribution in [0.1, 0.15) is 36.9 Å². The van der Waals surface area contributed by atoms with Crippen molar-refractivity contribution in [3.63, 3.8) is 0 Å². The fourth-order valence-electron chi connectivity index (χ4n) is 3.75. The first kappa shape index (κ1) is 13.8. The lowest BCUT2D eigenvalue weighted by atomic mass is 10.00. The second kappa shape index (κ2) is 5.01. The zero-order valence-electron chi connectivity index (χ0n) is 12.1. The van der Waals surface area contributed by atoms with E-state index in [-0.39, 0.29) is 18.0 Å². The summed E-state index contributed by atoms with van der Waals surface area (Å²) < 4.78 is 13.8. The van der Waals surface area contributed by atoms with Gasteiger partial charge in [0.1, 0.15) is 5.82 Å². The molecule has 1 aromatic carbocycles. The Morgan fingerprint density at radius 1 is 1.35 bits per heavy atom. The van der Waals surface area contributed by atoms with Crippen LogP contribution in [-0.4, -0.2) is 24.3 Å². The Balaban J connectivity index is 1.93. The van der Waals surface area contributed by atoms with E-state index in [1.54, 1.807) is 13.0 Å². The van der Waals surface area contributed by atoms with Gasteiger partial charge in [-0.25, -0.2) is 4.39 Å². The Bertz CT molecular complexity index is 517. The summed E-state index contributed by atoms with van der Waals surface area (Å²) in [6, 6.07) is 3.28. The highest BCUT2D eigenvalue weighted by Crippen LogP contribution is 2.41. The van der Waals surface area contributed by atoms with Crippen molar-refractivity contribution in [1.82, 2.24) is 0 Å². The van der Waals surface area contributed by atoms with Gasteiger partial charge in [-0.1, -0.05) is 0 Å². The SMILES string of the molecule is Cc1cc(N2CC3CCC(O)C3C2)c([C@H](C)N)cc1F. The molecule has 2 aliphatic rings. The van der Waals surface area contributed by atoms with Crippen LogP contribution in [0.5, 0.6) is 0 Å². The summed E-state index contributed by atoms with van der Waals surface area (Å²) in [5, 5.41) is 10.0. The molecule has 4 atom stereocenters. The molecule has 110 valence electrons. The van der Waals surface area contributed by atoms with Crippen LogP contribution in [0.15, 0.2) is 12.1 Å². The molecule has 0 radical (unpaired) electrons. The van der Waals surface area contributed by atoms with Crippen LogP contribution in [-0.2, 0) is 0 Å². The topological polar surface area (TPSA) is 49.5 Å². The molecular formula is C16H23FN2O. The van der Waals surface area contributed by atoms with Crippen LogP contribution in [0.4, 0.5) is 10.1 Å². The number of nitrogens with zero attached hydrogens (tertiary/aromatic N) is 1. The Kier molecular flexibility index (Phi) is 3.46. The van der Waals surface area contributed by atoms with Gasteiger partial charge in [0.25, 0.3) is 0 Å². The van der Waals surface area contributed by atoms with E-state index in [1.807, 2.05) is 13.0 Å². The lowest BCUT2D eigenvalue weighted by Gasteiger charge is -2.25. The van der Waals surface area contributed by atoms with Crippen LogP contribution in [0.25, 0.3) is 0 Å². The Hall–Kier alpha value is -1.13. The number of anilines is 1. The molecule has 1 aliphatic heterocycles. The molecule has 1 saturated carbocycles. The largest absolute Gasteiger partial charge is 0.393 e. The molecule has 0 bridgehead atoms. The third-order valence-electron chi connectivity index (χ3n) is 4.96. The number of rotatable bonds is 2. The summed E-state index contributed by atoms with van der Waals surface area (Å²) in [5.41, 5.74) is 8.56. The second-order valence-corrected chi connectivity index (χ2v) is 6.42. The van der Waals surface area contributed by atoms with Gasteiger partial charge >= 0.3 is 0 Å². The molecular weight excluding hydrogens is 255 g/mol. The average molecular weight is 278 g/mol. The molecule has 3 unspecified atom stereocenters. The Labute approximate surface area is 119 Å². The third kappa shape index (κ3) is 2.21. The first-order valence-corrected chi connectivity index (χ1v) is 7.46. The van der Waals surface area contributed by atoms with Gasteiger partial charge in [0.2, 0.25) is 0 Å². The Morgan fingerprint density at radius 2 is 2.10 bits per heavy atom. The highest BCUT2D eigenvalue weighted by atomic mass is 19.1. The van der Waals surface area contributed by atoms with E-state index in [0.29, 0.717) is 17.4 Å². The number of halogens is 1. The summed E-state index contributed by atoms with van der Waals surface area (Å²) in [4.78, 5) is 2.28. The van der Waals surface area contributed by atoms with Crippen LogP contribution in [0.3, 0.4) is 0 Å². The fourth-order valence-corrected chi connectivity index (χ4v) is 3.75. The van der Waals surface area contributed by atoms with Crippen molar-refractivity contribution in [2.75, 3.05) is 18.0 Å². The van der Waals surface area contributed by atoms with Crippen LogP contribution < -0.4 is 10.6 Å². The van der Waals surface area contributed by atoms with Crippen molar-refractivity contribution in [2.24, 2.45) is 17.6 Å². The quantitative estimate of drug-likeness (QED) is 0.873. The number of hydrogen-bond acceptors (Lipinski definition) is 3. The minimum Gasteiger partial charge on any atom is -0.393 e. The van der Waals surface area contributed by atoms with Gasteiger partial charge in [-0.15, -0.1) is 0 Å². The highest BCUT2D eigenvalue weighted by Gasteiger charge is 2.42. The minimum absolute atomic E-state index is 0.176. The van der Waals surface area contributed by atoms with Gasteiger partial charge in [-0.2, -0.15) is 0 Å². The van der Waals surface area contributed by atoms with Crippen molar-refractivity contribution in [3.05, 3.63) is 29.1 Å². The normalized spacial score (nSPS) is 30.6. The molecule has 1 aromatic rings. The third-order valence-corrected chi connectivity index (χ3v) is 4.96. The lowest BCUT2D eigenvalue weighted by molar-refractivity contribution is 0.133.